The van der Waals surface area contributed by atoms with Crippen molar-refractivity contribution >= 4 is 88.4 Å². The van der Waals surface area contributed by atoms with Gasteiger partial charge < -0.3 is 14.2 Å². The molecule has 1 aliphatic carbocycles. The van der Waals surface area contributed by atoms with E-state index < -0.39 is 0 Å². The number of hydrogen-bond acceptors (Lipinski definition) is 3. The summed E-state index contributed by atoms with van der Waals surface area (Å²) in [5, 5.41) is 10.0. The predicted octanol–water partition coefficient (Wildman–Crippen LogP) is 23.0. The summed E-state index contributed by atoms with van der Waals surface area (Å²) < 4.78 is 6.48. The van der Waals surface area contributed by atoms with Crippen LogP contribution in [0.1, 0.15) is 25.0 Å². The summed E-state index contributed by atoms with van der Waals surface area (Å²) in [6.45, 7) is 4.78. The van der Waals surface area contributed by atoms with Crippen molar-refractivity contribution in [2.24, 2.45) is 0 Å². The van der Waals surface area contributed by atoms with Crippen LogP contribution in [0.3, 0.4) is 0 Å². The van der Waals surface area contributed by atoms with E-state index in [2.05, 4.69) is 315 Å². The minimum absolute atomic E-state index is 0.190. The van der Waals surface area contributed by atoms with Crippen molar-refractivity contribution in [2.75, 3.05) is 9.80 Å². The fourth-order valence-corrected chi connectivity index (χ4v) is 13.5. The molecule has 16 rings (SSSR count). The molecule has 0 atom stereocenters. The highest BCUT2D eigenvalue weighted by molar-refractivity contribution is 6.29. The largest absolute Gasteiger partial charge is 0.455 e. The zero-order valence-electron chi connectivity index (χ0n) is 46.7. The van der Waals surface area contributed by atoms with Gasteiger partial charge in [0.1, 0.15) is 11.2 Å². The van der Waals surface area contributed by atoms with Crippen LogP contribution in [0.2, 0.25) is 0 Å². The fraction of sp³-hybridized carbons (Fsp3) is 0.0370. The smallest absolute Gasteiger partial charge is 0.143 e. The van der Waals surface area contributed by atoms with Gasteiger partial charge in [-0.1, -0.05) is 238 Å². The Morgan fingerprint density at radius 1 is 0.262 bits per heavy atom. The first-order chi connectivity index (χ1) is 41.4. The SMILES string of the molecule is CC1(C)c2ccc(N(c3ccc(-c4ccccc4)cc3)c3ccc(-c4ccc(N(c5ccc(-c6ccccc6)cc5)c5ccc(-c6cccc7c6oc6ccccc67)cc5)cc4)cc3)cc2-c2c1ccc1c3ccccc3c3ccccc3c21. The molecule has 0 radical (unpaired) electrons. The number of rotatable bonds is 10. The molecule has 0 unspecified atom stereocenters. The molecule has 396 valence electrons. The Kier molecular flexibility index (Phi) is 11.6. The van der Waals surface area contributed by atoms with Crippen molar-refractivity contribution < 1.29 is 4.42 Å². The summed E-state index contributed by atoms with van der Waals surface area (Å²) in [4.78, 5) is 4.77. The number of anilines is 6. The van der Waals surface area contributed by atoms with E-state index in [1.807, 2.05) is 12.1 Å². The molecule has 15 aromatic rings. The minimum Gasteiger partial charge on any atom is -0.455 e. The van der Waals surface area contributed by atoms with Gasteiger partial charge in [0.15, 0.2) is 0 Å². The number of para-hydroxylation sites is 2. The lowest BCUT2D eigenvalue weighted by Crippen LogP contribution is -2.15. The van der Waals surface area contributed by atoms with Gasteiger partial charge in [0.25, 0.3) is 0 Å². The van der Waals surface area contributed by atoms with Gasteiger partial charge in [-0.05, 0) is 172 Å². The minimum atomic E-state index is -0.190. The molecule has 0 amide bonds. The molecular weight excluding hydrogens is 1020 g/mol. The van der Waals surface area contributed by atoms with Gasteiger partial charge in [0.05, 0.1) is 0 Å². The van der Waals surface area contributed by atoms with Gasteiger partial charge in [-0.3, -0.25) is 0 Å². The number of benzene rings is 14. The molecule has 0 bridgehead atoms. The topological polar surface area (TPSA) is 19.6 Å². The summed E-state index contributed by atoms with van der Waals surface area (Å²) in [6.07, 6.45) is 0. The Labute approximate surface area is 489 Å². The molecule has 3 nitrogen and oxygen atoms in total. The highest BCUT2D eigenvalue weighted by Gasteiger charge is 2.38. The number of hydrogen-bond donors (Lipinski definition) is 0. The van der Waals surface area contributed by atoms with E-state index in [4.69, 9.17) is 4.42 Å². The van der Waals surface area contributed by atoms with Crippen molar-refractivity contribution in [1.82, 2.24) is 0 Å². The lowest BCUT2D eigenvalue weighted by molar-refractivity contribution is 0.661. The second kappa shape index (κ2) is 19.8. The van der Waals surface area contributed by atoms with Crippen LogP contribution in [0.4, 0.5) is 34.1 Å². The van der Waals surface area contributed by atoms with E-state index in [0.717, 1.165) is 78.3 Å². The Bertz CT molecular complexity index is 4950. The van der Waals surface area contributed by atoms with Crippen LogP contribution in [-0.2, 0) is 5.41 Å². The van der Waals surface area contributed by atoms with Crippen molar-refractivity contribution in [3.05, 3.63) is 314 Å². The van der Waals surface area contributed by atoms with Gasteiger partial charge in [-0.2, -0.15) is 0 Å². The van der Waals surface area contributed by atoms with Crippen LogP contribution in [0.15, 0.2) is 308 Å². The maximum atomic E-state index is 6.48. The fourth-order valence-electron chi connectivity index (χ4n) is 13.5. The summed E-state index contributed by atoms with van der Waals surface area (Å²) >= 11 is 0. The van der Waals surface area contributed by atoms with Crippen LogP contribution >= 0.6 is 0 Å². The highest BCUT2D eigenvalue weighted by Crippen LogP contribution is 2.55. The van der Waals surface area contributed by atoms with E-state index in [9.17, 15) is 0 Å². The molecule has 0 saturated carbocycles. The Morgan fingerprint density at radius 3 is 1.14 bits per heavy atom. The van der Waals surface area contributed by atoms with Gasteiger partial charge in [0, 0.05) is 55.9 Å². The molecule has 0 fully saturated rings. The van der Waals surface area contributed by atoms with Crippen LogP contribution in [0, 0.1) is 0 Å². The predicted molar refractivity (Wildman–Crippen MR) is 355 cm³/mol. The molecule has 84 heavy (non-hydrogen) atoms. The van der Waals surface area contributed by atoms with Gasteiger partial charge in [-0.15, -0.1) is 0 Å². The molecule has 1 aromatic heterocycles. The second-order valence-corrected chi connectivity index (χ2v) is 22.8. The Morgan fingerprint density at radius 2 is 0.631 bits per heavy atom. The third-order valence-electron chi connectivity index (χ3n) is 17.7. The average molecular weight is 1070 g/mol. The van der Waals surface area contributed by atoms with E-state index in [0.29, 0.717) is 0 Å². The summed E-state index contributed by atoms with van der Waals surface area (Å²) in [5.74, 6) is 0. The number of furan rings is 1. The maximum absolute atomic E-state index is 6.48. The van der Waals surface area contributed by atoms with Gasteiger partial charge in [-0.25, -0.2) is 0 Å². The summed E-state index contributed by atoms with van der Waals surface area (Å²) in [7, 11) is 0. The Balaban J connectivity index is 0.772. The molecule has 3 heteroatoms. The van der Waals surface area contributed by atoms with E-state index in [-0.39, 0.29) is 5.41 Å². The van der Waals surface area contributed by atoms with Crippen LogP contribution in [0.25, 0.3) is 110 Å². The third kappa shape index (κ3) is 8.11. The maximum Gasteiger partial charge on any atom is 0.143 e. The van der Waals surface area contributed by atoms with Gasteiger partial charge in [0.2, 0.25) is 0 Å². The average Bonchev–Trinajstić information content (AvgIpc) is 1.58. The van der Waals surface area contributed by atoms with Crippen molar-refractivity contribution in [3.63, 3.8) is 0 Å². The third-order valence-corrected chi connectivity index (χ3v) is 17.7. The lowest BCUT2D eigenvalue weighted by Gasteiger charge is -2.27. The van der Waals surface area contributed by atoms with Crippen molar-refractivity contribution in [1.29, 1.82) is 0 Å². The quantitative estimate of drug-likeness (QED) is 0.127. The molecule has 1 aliphatic rings. The molecule has 0 saturated heterocycles. The molecule has 0 spiro atoms. The Hall–Kier alpha value is -10.7. The van der Waals surface area contributed by atoms with E-state index in [1.165, 1.54) is 76.8 Å². The first-order valence-corrected chi connectivity index (χ1v) is 29.1. The zero-order chi connectivity index (χ0) is 55.9. The standard InChI is InChI=1S/C81H56N2O/c1-81(2)75-50-48-65(52-74(75)79-76(81)51-49-72-69-22-10-9-20-67(69)68-21-11-12-24-71(68)78(72)79)83(63-42-30-56(31-43-63)54-18-7-4-8-19-54)64-44-34-58(35-45-64)57-32-40-61(41-33-57)82(60-38-28-55(29-39-60)53-16-5-3-6-17-53)62-46-36-59(37-47-62)66-25-15-26-73-70-23-13-14-27-77(70)84-80(66)73/h3-52H,1-2H3. The lowest BCUT2D eigenvalue weighted by atomic mass is 9.81. The monoisotopic (exact) mass is 1070 g/mol. The van der Waals surface area contributed by atoms with Crippen LogP contribution in [0.5, 0.6) is 0 Å². The van der Waals surface area contributed by atoms with Gasteiger partial charge >= 0.3 is 0 Å². The zero-order valence-corrected chi connectivity index (χ0v) is 46.7. The molecular formula is C81H56N2O. The molecule has 1 heterocycles. The molecule has 0 aliphatic heterocycles. The first kappa shape index (κ1) is 49.1. The number of fused-ring (bicyclic) bond motifs is 13. The van der Waals surface area contributed by atoms with E-state index >= 15 is 0 Å². The summed E-state index contributed by atoms with van der Waals surface area (Å²) in [5.41, 5.74) is 22.7. The summed E-state index contributed by atoms with van der Waals surface area (Å²) in [6, 6.07) is 111. The molecule has 14 aromatic carbocycles. The van der Waals surface area contributed by atoms with E-state index in [1.54, 1.807) is 0 Å². The first-order valence-electron chi connectivity index (χ1n) is 29.1. The second-order valence-electron chi connectivity index (χ2n) is 22.8. The molecule has 0 N–H and O–H groups in total. The normalized spacial score (nSPS) is 12.5. The van der Waals surface area contributed by atoms with Crippen LogP contribution < -0.4 is 9.80 Å². The highest BCUT2D eigenvalue weighted by atomic mass is 16.3. The van der Waals surface area contributed by atoms with Crippen LogP contribution in [-0.4, -0.2) is 0 Å². The van der Waals surface area contributed by atoms with Crippen molar-refractivity contribution in [3.8, 4) is 55.6 Å². The van der Waals surface area contributed by atoms with Crippen molar-refractivity contribution in [2.45, 2.75) is 19.3 Å². The number of nitrogens with zero attached hydrogens (tertiary/aromatic N) is 2.